The SMILES string of the molecule is Cc1cc(S(=O)(=O)NC2(C)CC2)ccc1C#N. The van der Waals surface area contributed by atoms with E-state index < -0.39 is 10.0 Å². The Hall–Kier alpha value is -1.38. The lowest BCUT2D eigenvalue weighted by Gasteiger charge is -2.12. The van der Waals surface area contributed by atoms with Gasteiger partial charge in [0, 0.05) is 5.54 Å². The van der Waals surface area contributed by atoms with Crippen LogP contribution in [0.4, 0.5) is 0 Å². The second-order valence-electron chi connectivity index (χ2n) is 4.75. The van der Waals surface area contributed by atoms with Crippen molar-refractivity contribution in [2.45, 2.75) is 37.1 Å². The standard InChI is InChI=1S/C12H14N2O2S/c1-9-7-11(4-3-10(9)8-13)17(15,16)14-12(2)5-6-12/h3-4,7,14H,5-6H2,1-2H3. The number of aryl methyl sites for hydroxylation is 1. The zero-order valence-corrected chi connectivity index (χ0v) is 10.6. The highest BCUT2D eigenvalue weighted by Gasteiger charge is 2.41. The van der Waals surface area contributed by atoms with E-state index in [1.807, 2.05) is 13.0 Å². The zero-order chi connectivity index (χ0) is 12.7. The van der Waals surface area contributed by atoms with E-state index in [1.54, 1.807) is 13.0 Å². The number of nitrogens with one attached hydrogen (secondary N) is 1. The van der Waals surface area contributed by atoms with Crippen LogP contribution in [0, 0.1) is 18.3 Å². The summed E-state index contributed by atoms with van der Waals surface area (Å²) in [5.41, 5.74) is 0.901. The Balaban J connectivity index is 2.34. The predicted octanol–water partition coefficient (Wildman–Crippen LogP) is 1.70. The largest absolute Gasteiger partial charge is 0.241 e. The molecule has 0 amide bonds. The Kier molecular flexibility index (Phi) is 2.72. The van der Waals surface area contributed by atoms with Gasteiger partial charge < -0.3 is 0 Å². The van der Waals surface area contributed by atoms with Crippen molar-refractivity contribution in [2.24, 2.45) is 0 Å². The minimum Gasteiger partial charge on any atom is -0.207 e. The average Bonchev–Trinajstić information content (AvgIpc) is 2.94. The number of nitrogens with zero attached hydrogens (tertiary/aromatic N) is 1. The van der Waals surface area contributed by atoms with Crippen LogP contribution >= 0.6 is 0 Å². The molecule has 0 radical (unpaired) electrons. The van der Waals surface area contributed by atoms with Crippen molar-refractivity contribution in [3.05, 3.63) is 29.3 Å². The van der Waals surface area contributed by atoms with Gasteiger partial charge >= 0.3 is 0 Å². The molecular formula is C12H14N2O2S. The molecule has 1 N–H and O–H groups in total. The van der Waals surface area contributed by atoms with Crippen molar-refractivity contribution in [1.29, 1.82) is 5.26 Å². The van der Waals surface area contributed by atoms with Crippen LogP contribution < -0.4 is 4.72 Å². The summed E-state index contributed by atoms with van der Waals surface area (Å²) in [5, 5.41) is 8.79. The van der Waals surface area contributed by atoms with E-state index in [0.717, 1.165) is 12.8 Å². The molecule has 1 fully saturated rings. The van der Waals surface area contributed by atoms with Crippen molar-refractivity contribution < 1.29 is 8.42 Å². The zero-order valence-electron chi connectivity index (χ0n) is 9.82. The summed E-state index contributed by atoms with van der Waals surface area (Å²) in [7, 11) is -3.46. The lowest BCUT2D eigenvalue weighted by atomic mass is 10.1. The van der Waals surface area contributed by atoms with Gasteiger partial charge in [-0.2, -0.15) is 5.26 Å². The summed E-state index contributed by atoms with van der Waals surface area (Å²) in [5.74, 6) is 0. The lowest BCUT2D eigenvalue weighted by Crippen LogP contribution is -2.34. The minimum absolute atomic E-state index is 0.224. The first kappa shape index (κ1) is 12.1. The normalized spacial score (nSPS) is 17.5. The smallest absolute Gasteiger partial charge is 0.207 e. The highest BCUT2D eigenvalue weighted by Crippen LogP contribution is 2.36. The molecular weight excluding hydrogens is 236 g/mol. The molecule has 0 atom stereocenters. The third kappa shape index (κ3) is 2.48. The molecule has 0 saturated heterocycles. The maximum Gasteiger partial charge on any atom is 0.241 e. The summed E-state index contributed by atoms with van der Waals surface area (Å²) in [6.07, 6.45) is 1.75. The van der Waals surface area contributed by atoms with Gasteiger partial charge in [-0.05, 0) is 50.5 Å². The fourth-order valence-electron chi connectivity index (χ4n) is 1.60. The maximum absolute atomic E-state index is 12.0. The fraction of sp³-hybridized carbons (Fsp3) is 0.417. The number of rotatable bonds is 3. The summed E-state index contributed by atoms with van der Waals surface area (Å²) >= 11 is 0. The molecule has 0 heterocycles. The number of sulfonamides is 1. The Morgan fingerprint density at radius 1 is 1.41 bits per heavy atom. The predicted molar refractivity (Wildman–Crippen MR) is 63.9 cm³/mol. The Labute approximate surface area is 101 Å². The fourth-order valence-corrected chi connectivity index (χ4v) is 3.15. The molecule has 17 heavy (non-hydrogen) atoms. The van der Waals surface area contributed by atoms with E-state index >= 15 is 0 Å². The van der Waals surface area contributed by atoms with Crippen molar-refractivity contribution in [1.82, 2.24) is 4.72 Å². The van der Waals surface area contributed by atoms with E-state index in [9.17, 15) is 8.42 Å². The average molecular weight is 250 g/mol. The molecule has 1 aromatic rings. The van der Waals surface area contributed by atoms with Crippen molar-refractivity contribution >= 4 is 10.0 Å². The monoisotopic (exact) mass is 250 g/mol. The van der Waals surface area contributed by atoms with Gasteiger partial charge in [0.1, 0.15) is 0 Å². The first-order valence-electron chi connectivity index (χ1n) is 5.41. The molecule has 0 aromatic heterocycles. The van der Waals surface area contributed by atoms with Gasteiger partial charge in [0.2, 0.25) is 10.0 Å². The van der Waals surface area contributed by atoms with Crippen LogP contribution in [0.25, 0.3) is 0 Å². The molecule has 1 aliphatic carbocycles. The topological polar surface area (TPSA) is 70.0 Å². The molecule has 5 heteroatoms. The molecule has 4 nitrogen and oxygen atoms in total. The lowest BCUT2D eigenvalue weighted by molar-refractivity contribution is 0.558. The molecule has 0 unspecified atom stereocenters. The molecule has 1 aliphatic rings. The Morgan fingerprint density at radius 3 is 2.53 bits per heavy atom. The van der Waals surface area contributed by atoms with Crippen LogP contribution in [0.5, 0.6) is 0 Å². The number of nitriles is 1. The van der Waals surface area contributed by atoms with Gasteiger partial charge in [-0.15, -0.1) is 0 Å². The molecule has 90 valence electrons. The molecule has 0 aliphatic heterocycles. The highest BCUT2D eigenvalue weighted by atomic mass is 32.2. The van der Waals surface area contributed by atoms with Gasteiger partial charge in [-0.1, -0.05) is 0 Å². The summed E-state index contributed by atoms with van der Waals surface area (Å²) in [6.45, 7) is 3.62. The van der Waals surface area contributed by atoms with E-state index in [0.29, 0.717) is 11.1 Å². The van der Waals surface area contributed by atoms with Crippen LogP contribution in [0.15, 0.2) is 23.1 Å². The Morgan fingerprint density at radius 2 is 2.06 bits per heavy atom. The number of hydrogen-bond donors (Lipinski definition) is 1. The van der Waals surface area contributed by atoms with Crippen molar-refractivity contribution in [3.63, 3.8) is 0 Å². The summed E-state index contributed by atoms with van der Waals surface area (Å²) in [6, 6.07) is 6.57. The van der Waals surface area contributed by atoms with Crippen LogP contribution in [0.3, 0.4) is 0 Å². The van der Waals surface area contributed by atoms with Gasteiger partial charge in [0.15, 0.2) is 0 Å². The van der Waals surface area contributed by atoms with E-state index in [-0.39, 0.29) is 10.4 Å². The van der Waals surface area contributed by atoms with Crippen LogP contribution in [-0.2, 0) is 10.0 Å². The summed E-state index contributed by atoms with van der Waals surface area (Å²) in [4.78, 5) is 0.224. The van der Waals surface area contributed by atoms with Gasteiger partial charge in [-0.25, -0.2) is 13.1 Å². The minimum atomic E-state index is -3.46. The van der Waals surface area contributed by atoms with Crippen LogP contribution in [0.2, 0.25) is 0 Å². The van der Waals surface area contributed by atoms with E-state index in [2.05, 4.69) is 4.72 Å². The first-order chi connectivity index (χ1) is 7.86. The second kappa shape index (κ2) is 3.83. The van der Waals surface area contributed by atoms with Gasteiger partial charge in [0.05, 0.1) is 16.5 Å². The van der Waals surface area contributed by atoms with Gasteiger partial charge in [0.25, 0.3) is 0 Å². The Bertz CT molecular complexity index is 595. The molecule has 0 bridgehead atoms. The molecule has 1 saturated carbocycles. The van der Waals surface area contributed by atoms with E-state index in [4.69, 9.17) is 5.26 Å². The third-order valence-electron chi connectivity index (χ3n) is 3.01. The number of hydrogen-bond acceptors (Lipinski definition) is 3. The highest BCUT2D eigenvalue weighted by molar-refractivity contribution is 7.89. The van der Waals surface area contributed by atoms with Crippen molar-refractivity contribution in [3.8, 4) is 6.07 Å². The third-order valence-corrected chi connectivity index (χ3v) is 4.65. The van der Waals surface area contributed by atoms with Gasteiger partial charge in [-0.3, -0.25) is 0 Å². The quantitative estimate of drug-likeness (QED) is 0.887. The first-order valence-corrected chi connectivity index (χ1v) is 6.89. The molecule has 2 rings (SSSR count). The maximum atomic E-state index is 12.0. The van der Waals surface area contributed by atoms with Crippen LogP contribution in [0.1, 0.15) is 30.9 Å². The molecule has 1 aromatic carbocycles. The van der Waals surface area contributed by atoms with E-state index in [1.165, 1.54) is 12.1 Å². The molecule has 0 spiro atoms. The second-order valence-corrected chi connectivity index (χ2v) is 6.44. The van der Waals surface area contributed by atoms with Crippen molar-refractivity contribution in [2.75, 3.05) is 0 Å². The van der Waals surface area contributed by atoms with Crippen LogP contribution in [-0.4, -0.2) is 14.0 Å². The number of benzene rings is 1. The summed E-state index contributed by atoms with van der Waals surface area (Å²) < 4.78 is 26.8.